The Kier molecular flexibility index (Phi) is 8.27. The number of H-pyrrole nitrogens is 1. The van der Waals surface area contributed by atoms with Crippen LogP contribution in [0.2, 0.25) is 0 Å². The van der Waals surface area contributed by atoms with Gasteiger partial charge < -0.3 is 20.7 Å². The number of amides is 2. The molecule has 7 rings (SSSR count). The highest BCUT2D eigenvalue weighted by molar-refractivity contribution is 5.88. The number of aromatic carboxylic acids is 1. The van der Waals surface area contributed by atoms with Gasteiger partial charge in [0, 0.05) is 30.4 Å². The van der Waals surface area contributed by atoms with Gasteiger partial charge in [0.25, 0.3) is 0 Å². The molecule has 2 amide bonds. The minimum atomic E-state index is -0.876. The van der Waals surface area contributed by atoms with E-state index in [9.17, 15) is 14.7 Å². The Morgan fingerprint density at radius 1 is 0.959 bits per heavy atom. The van der Waals surface area contributed by atoms with Crippen molar-refractivity contribution in [2.45, 2.75) is 111 Å². The summed E-state index contributed by atoms with van der Waals surface area (Å²) in [6.45, 7) is 20.1. The van der Waals surface area contributed by atoms with E-state index in [-0.39, 0.29) is 33.2 Å². The number of allylic oxidation sites excluding steroid dienone is 3. The second-order valence-electron chi connectivity index (χ2n) is 18.0. The third kappa shape index (κ3) is 5.14. The first-order valence-corrected chi connectivity index (χ1v) is 18.9. The quantitative estimate of drug-likeness (QED) is 0.221. The molecule has 7 nitrogen and oxygen atoms in total. The monoisotopic (exact) mass is 666 g/mol. The van der Waals surface area contributed by atoms with E-state index in [1.807, 2.05) is 18.3 Å². The fraction of sp³-hybridized carbons (Fsp3) is 0.643. The third-order valence-corrected chi connectivity index (χ3v) is 15.7. The maximum atomic E-state index is 13.5. The van der Waals surface area contributed by atoms with E-state index in [0.29, 0.717) is 41.7 Å². The van der Waals surface area contributed by atoms with Gasteiger partial charge in [-0.3, -0.25) is 0 Å². The average Bonchev–Trinajstić information content (AvgIpc) is 3.70. The zero-order valence-corrected chi connectivity index (χ0v) is 30.6. The van der Waals surface area contributed by atoms with Crippen LogP contribution in [0.15, 0.2) is 55.0 Å². The summed E-state index contributed by atoms with van der Waals surface area (Å²) in [5, 5.41) is 16.3. The molecule has 4 N–H and O–H groups in total. The molecule has 9 unspecified atom stereocenters. The van der Waals surface area contributed by atoms with Crippen LogP contribution in [0.1, 0.15) is 121 Å². The number of fused-ring (bicyclic) bond motifs is 7. The van der Waals surface area contributed by atoms with Crippen molar-refractivity contribution in [3.8, 4) is 0 Å². The number of aromatic amines is 1. The van der Waals surface area contributed by atoms with Crippen LogP contribution < -0.4 is 10.6 Å². The molecule has 1 heterocycles. The topological polar surface area (TPSA) is 107 Å². The fourth-order valence-corrected chi connectivity index (χ4v) is 13.3. The van der Waals surface area contributed by atoms with Crippen LogP contribution in [0.5, 0.6) is 0 Å². The Bertz CT molecular complexity index is 1640. The molecular formula is C42H58N4O3. The number of carbonyl (C=O) groups is 2. The zero-order chi connectivity index (χ0) is 35.0. The molecule has 1 aromatic carbocycles. The number of nitrogens with zero attached hydrogens (tertiary/aromatic N) is 1. The van der Waals surface area contributed by atoms with Crippen LogP contribution in [-0.4, -0.2) is 39.2 Å². The molecule has 0 saturated heterocycles. The predicted molar refractivity (Wildman–Crippen MR) is 195 cm³/mol. The summed E-state index contributed by atoms with van der Waals surface area (Å²) in [5.74, 6) is 1.71. The van der Waals surface area contributed by atoms with E-state index in [0.717, 1.165) is 49.8 Å². The Hall–Kier alpha value is -3.35. The minimum Gasteiger partial charge on any atom is -0.478 e. The molecule has 0 radical (unpaired) electrons. The number of carboxylic acid groups (broad SMARTS) is 1. The maximum Gasteiger partial charge on any atom is 0.335 e. The van der Waals surface area contributed by atoms with E-state index >= 15 is 0 Å². The van der Waals surface area contributed by atoms with Crippen molar-refractivity contribution < 1.29 is 14.7 Å². The number of hydrogen-bond acceptors (Lipinski definition) is 3. The summed E-state index contributed by atoms with van der Waals surface area (Å²) < 4.78 is 0. The summed E-state index contributed by atoms with van der Waals surface area (Å²) in [6, 6.07) is 7.51. The summed E-state index contributed by atoms with van der Waals surface area (Å²) in [6.07, 6.45) is 17.1. The van der Waals surface area contributed by atoms with Crippen molar-refractivity contribution in [3.05, 3.63) is 71.8 Å². The molecular weight excluding hydrogens is 608 g/mol. The van der Waals surface area contributed by atoms with E-state index in [4.69, 9.17) is 0 Å². The number of urea groups is 1. The predicted octanol–water partition coefficient (Wildman–Crippen LogP) is 9.05. The van der Waals surface area contributed by atoms with Crippen LogP contribution in [0, 0.1) is 51.2 Å². The lowest BCUT2D eigenvalue weighted by atomic mass is 9.33. The molecule has 4 saturated carbocycles. The lowest BCUT2D eigenvalue weighted by Crippen LogP contribution is -2.68. The van der Waals surface area contributed by atoms with Crippen molar-refractivity contribution in [2.75, 3.05) is 6.54 Å². The van der Waals surface area contributed by atoms with Crippen molar-refractivity contribution in [3.63, 3.8) is 0 Å². The molecule has 4 fully saturated rings. The van der Waals surface area contributed by atoms with Gasteiger partial charge in [0.15, 0.2) is 0 Å². The summed E-state index contributed by atoms with van der Waals surface area (Å²) in [4.78, 5) is 32.3. The second kappa shape index (κ2) is 11.9. The standard InChI is InChI=1S/C42H58N4O3/c1-26(2)30-14-20-42(46-37(49)44-23-17-29-24-43-25-45-29)22-21-40(6)32(35(30)42)12-13-34-39(5)18-15-31(27-8-10-28(11-9-27)36(47)48)38(3,4)33(39)16-19-41(34,40)7/h8-11,15,24-25,30,32-35H,1,12-14,16-23H2,2-7H3,(H,43,45)(H,47,48)(H2,44,46,49). The molecule has 49 heavy (non-hydrogen) atoms. The molecule has 5 aliphatic rings. The van der Waals surface area contributed by atoms with Gasteiger partial charge in [-0.2, -0.15) is 0 Å². The third-order valence-electron chi connectivity index (χ3n) is 15.7. The van der Waals surface area contributed by atoms with Gasteiger partial charge in [-0.15, -0.1) is 0 Å². The largest absolute Gasteiger partial charge is 0.478 e. The first kappa shape index (κ1) is 34.1. The average molecular weight is 667 g/mol. The number of hydrogen-bond donors (Lipinski definition) is 4. The Morgan fingerprint density at radius 2 is 1.71 bits per heavy atom. The number of carboxylic acids is 1. The van der Waals surface area contributed by atoms with Gasteiger partial charge in [-0.1, -0.05) is 65.0 Å². The van der Waals surface area contributed by atoms with Crippen molar-refractivity contribution in [2.24, 2.45) is 51.2 Å². The molecule has 7 heteroatoms. The van der Waals surface area contributed by atoms with Crippen molar-refractivity contribution >= 4 is 17.6 Å². The first-order valence-electron chi connectivity index (χ1n) is 18.9. The highest BCUT2D eigenvalue weighted by atomic mass is 16.4. The van der Waals surface area contributed by atoms with E-state index < -0.39 is 5.97 Å². The highest BCUT2D eigenvalue weighted by Gasteiger charge is 2.70. The summed E-state index contributed by atoms with van der Waals surface area (Å²) in [5.41, 5.74) is 5.60. The molecule has 0 bridgehead atoms. The molecule has 2 aromatic rings. The zero-order valence-electron chi connectivity index (χ0n) is 30.6. The number of imidazole rings is 1. The van der Waals surface area contributed by atoms with E-state index in [2.05, 4.69) is 74.8 Å². The number of carbonyl (C=O) groups excluding carboxylic acids is 1. The van der Waals surface area contributed by atoms with Gasteiger partial charge in [0.2, 0.25) is 0 Å². The van der Waals surface area contributed by atoms with Gasteiger partial charge in [0.05, 0.1) is 11.9 Å². The van der Waals surface area contributed by atoms with Crippen LogP contribution in [0.25, 0.3) is 5.57 Å². The van der Waals surface area contributed by atoms with Gasteiger partial charge in [-0.05, 0) is 139 Å². The van der Waals surface area contributed by atoms with Crippen LogP contribution in [0.4, 0.5) is 4.79 Å². The molecule has 0 aliphatic heterocycles. The number of nitrogens with one attached hydrogen (secondary N) is 3. The van der Waals surface area contributed by atoms with Crippen molar-refractivity contribution in [1.82, 2.24) is 20.6 Å². The Balaban J connectivity index is 1.16. The molecule has 264 valence electrons. The van der Waals surface area contributed by atoms with Crippen LogP contribution in [0.3, 0.4) is 0 Å². The Labute approximate surface area is 293 Å². The molecule has 0 spiro atoms. The maximum absolute atomic E-state index is 13.5. The first-order chi connectivity index (χ1) is 23.2. The lowest BCUT2D eigenvalue weighted by molar-refractivity contribution is -0.218. The Morgan fingerprint density at radius 3 is 2.39 bits per heavy atom. The molecule has 9 atom stereocenters. The smallest absolute Gasteiger partial charge is 0.335 e. The molecule has 5 aliphatic carbocycles. The van der Waals surface area contributed by atoms with Crippen LogP contribution >= 0.6 is 0 Å². The van der Waals surface area contributed by atoms with E-state index in [1.54, 1.807) is 18.5 Å². The fourth-order valence-electron chi connectivity index (χ4n) is 13.3. The van der Waals surface area contributed by atoms with Gasteiger partial charge in [0.1, 0.15) is 0 Å². The number of benzene rings is 1. The van der Waals surface area contributed by atoms with Gasteiger partial charge >= 0.3 is 12.0 Å². The van der Waals surface area contributed by atoms with E-state index in [1.165, 1.54) is 36.8 Å². The van der Waals surface area contributed by atoms with Gasteiger partial charge in [-0.25, -0.2) is 14.6 Å². The minimum absolute atomic E-state index is 0.0102. The number of aromatic nitrogens is 2. The molecule has 1 aromatic heterocycles. The summed E-state index contributed by atoms with van der Waals surface area (Å²) in [7, 11) is 0. The summed E-state index contributed by atoms with van der Waals surface area (Å²) >= 11 is 0. The lowest BCUT2D eigenvalue weighted by Gasteiger charge is -2.72. The number of rotatable bonds is 7. The highest BCUT2D eigenvalue weighted by Crippen LogP contribution is 2.76. The van der Waals surface area contributed by atoms with Crippen molar-refractivity contribution in [1.29, 1.82) is 0 Å². The SMILES string of the molecule is C=C(C)C1CCC2(NC(=O)NCCc3cnc[nH]3)CCC3(C)C(CCC4C5(C)CC=C(c6ccc(C(=O)O)cc6)C(C)(C)C5CCC43C)C12. The van der Waals surface area contributed by atoms with Crippen LogP contribution in [-0.2, 0) is 6.42 Å². The normalized spacial score (nSPS) is 39.0. The second-order valence-corrected chi connectivity index (χ2v) is 18.0.